The van der Waals surface area contributed by atoms with E-state index in [1.807, 2.05) is 54.6 Å². The Balaban J connectivity index is 1.28. The minimum atomic E-state index is -1.23. The predicted molar refractivity (Wildman–Crippen MR) is 123 cm³/mol. The molecule has 5 nitrogen and oxygen atoms in total. The monoisotopic (exact) mass is 461 g/mol. The molecule has 1 amide bonds. The average Bonchev–Trinajstić information content (AvgIpc) is 2.77. The lowest BCUT2D eigenvalue weighted by Gasteiger charge is -2.39. The van der Waals surface area contributed by atoms with E-state index in [2.05, 4.69) is 0 Å². The van der Waals surface area contributed by atoms with Crippen LogP contribution in [-0.4, -0.2) is 39.9 Å². The standard InChI is InChI=1S/C24H28ClNO4S/c25-21-13-11-19(12-14-21)8-4-1-2-7-15-30-24(28)17-26-22(27)16-23(26)31(29)18-20-9-5-3-6-10-20/h3,5-6,9-14,23H,1-2,4,7-8,15-18H2. The van der Waals surface area contributed by atoms with Crippen LogP contribution in [0.3, 0.4) is 0 Å². The molecule has 31 heavy (non-hydrogen) atoms. The number of β-lactam (4-membered cyclic amide) rings is 1. The van der Waals surface area contributed by atoms with E-state index in [0.29, 0.717) is 12.4 Å². The third-order valence-electron chi connectivity index (χ3n) is 5.31. The zero-order valence-corrected chi connectivity index (χ0v) is 19.1. The number of hydrogen-bond donors (Lipinski definition) is 0. The summed E-state index contributed by atoms with van der Waals surface area (Å²) in [5.41, 5.74) is 2.23. The third kappa shape index (κ3) is 7.56. The lowest BCUT2D eigenvalue weighted by Crippen LogP contribution is -2.58. The Bertz CT molecular complexity index is 846. The van der Waals surface area contributed by atoms with Crippen LogP contribution in [0.25, 0.3) is 0 Å². The summed E-state index contributed by atoms with van der Waals surface area (Å²) in [4.78, 5) is 25.4. The van der Waals surface area contributed by atoms with Crippen molar-refractivity contribution in [2.75, 3.05) is 13.2 Å². The minimum absolute atomic E-state index is 0.124. The molecule has 2 unspecified atom stereocenters. The Morgan fingerprint density at radius 3 is 2.45 bits per heavy atom. The molecule has 0 radical (unpaired) electrons. The summed E-state index contributed by atoms with van der Waals surface area (Å²) >= 11 is 4.65. The molecular weight excluding hydrogens is 434 g/mol. The molecule has 0 aromatic heterocycles. The second-order valence-electron chi connectivity index (χ2n) is 7.70. The summed E-state index contributed by atoms with van der Waals surface area (Å²) in [7, 11) is 0. The minimum Gasteiger partial charge on any atom is -0.614 e. The first kappa shape index (κ1) is 23.6. The summed E-state index contributed by atoms with van der Waals surface area (Å²) in [5, 5.41) is 0.340. The van der Waals surface area contributed by atoms with Gasteiger partial charge < -0.3 is 9.29 Å². The van der Waals surface area contributed by atoms with Gasteiger partial charge in [-0.15, -0.1) is 0 Å². The predicted octanol–water partition coefficient (Wildman–Crippen LogP) is 4.49. The summed E-state index contributed by atoms with van der Waals surface area (Å²) in [6.07, 6.45) is 5.14. The topological polar surface area (TPSA) is 69.7 Å². The molecule has 0 saturated carbocycles. The van der Waals surface area contributed by atoms with E-state index in [9.17, 15) is 14.1 Å². The van der Waals surface area contributed by atoms with Crippen molar-refractivity contribution in [3.63, 3.8) is 0 Å². The van der Waals surface area contributed by atoms with Crippen molar-refractivity contribution < 1.29 is 18.9 Å². The van der Waals surface area contributed by atoms with Crippen LogP contribution in [0.15, 0.2) is 54.6 Å². The van der Waals surface area contributed by atoms with E-state index in [0.717, 1.165) is 42.7 Å². The number of hydrogen-bond acceptors (Lipinski definition) is 4. The Hall–Kier alpha value is -2.02. The maximum atomic E-state index is 12.6. The highest BCUT2D eigenvalue weighted by Gasteiger charge is 2.45. The van der Waals surface area contributed by atoms with E-state index >= 15 is 0 Å². The second-order valence-corrected chi connectivity index (χ2v) is 9.73. The van der Waals surface area contributed by atoms with Crippen molar-refractivity contribution >= 4 is 34.7 Å². The number of esters is 1. The summed E-state index contributed by atoms with van der Waals surface area (Å²) in [6.45, 7) is 0.222. The molecule has 166 valence electrons. The fraction of sp³-hybridized carbons (Fsp3) is 0.417. The summed E-state index contributed by atoms with van der Waals surface area (Å²) in [6, 6.07) is 17.4. The number of aryl methyl sites for hydroxylation is 1. The molecule has 0 aliphatic carbocycles. The van der Waals surface area contributed by atoms with Crippen molar-refractivity contribution in [2.24, 2.45) is 0 Å². The van der Waals surface area contributed by atoms with E-state index in [-0.39, 0.29) is 18.9 Å². The Morgan fingerprint density at radius 2 is 1.74 bits per heavy atom. The maximum absolute atomic E-state index is 12.6. The van der Waals surface area contributed by atoms with Gasteiger partial charge in [0.05, 0.1) is 13.0 Å². The Kier molecular flexibility index (Phi) is 9.25. The number of amides is 1. The van der Waals surface area contributed by atoms with Gasteiger partial charge >= 0.3 is 5.97 Å². The van der Waals surface area contributed by atoms with E-state index in [1.54, 1.807) is 0 Å². The highest BCUT2D eigenvalue weighted by Crippen LogP contribution is 2.27. The van der Waals surface area contributed by atoms with Crippen LogP contribution in [0.1, 0.15) is 43.2 Å². The molecule has 0 bridgehead atoms. The van der Waals surface area contributed by atoms with Crippen LogP contribution in [0.2, 0.25) is 5.02 Å². The van der Waals surface area contributed by atoms with Crippen LogP contribution in [0.4, 0.5) is 0 Å². The van der Waals surface area contributed by atoms with Crippen molar-refractivity contribution in [2.45, 2.75) is 49.7 Å². The number of carbonyl (C=O) groups is 2. The van der Waals surface area contributed by atoms with Crippen molar-refractivity contribution in [1.29, 1.82) is 0 Å². The number of likely N-dealkylation sites (tertiary alicyclic amines) is 1. The van der Waals surface area contributed by atoms with Gasteiger partial charge in [-0.05, 0) is 48.1 Å². The molecule has 2 aromatic carbocycles. The molecule has 2 atom stereocenters. The highest BCUT2D eigenvalue weighted by molar-refractivity contribution is 7.91. The molecule has 3 rings (SSSR count). The van der Waals surface area contributed by atoms with Crippen molar-refractivity contribution in [3.8, 4) is 0 Å². The van der Waals surface area contributed by atoms with Gasteiger partial charge in [-0.2, -0.15) is 0 Å². The second kappa shape index (κ2) is 12.1. The number of unbranched alkanes of at least 4 members (excludes halogenated alkanes) is 3. The fourth-order valence-corrected chi connectivity index (χ4v) is 5.13. The van der Waals surface area contributed by atoms with E-state index < -0.39 is 22.5 Å². The first-order valence-corrected chi connectivity index (χ1v) is 12.4. The van der Waals surface area contributed by atoms with Gasteiger partial charge in [0.2, 0.25) is 5.91 Å². The van der Waals surface area contributed by atoms with Gasteiger partial charge in [0.1, 0.15) is 12.3 Å². The zero-order valence-electron chi connectivity index (χ0n) is 17.5. The molecular formula is C24H28ClNO4S. The van der Waals surface area contributed by atoms with Crippen molar-refractivity contribution in [3.05, 3.63) is 70.7 Å². The maximum Gasteiger partial charge on any atom is 0.325 e. The quantitative estimate of drug-likeness (QED) is 0.202. The number of rotatable bonds is 12. The number of carbonyl (C=O) groups excluding carboxylic acids is 2. The number of benzene rings is 2. The van der Waals surface area contributed by atoms with Gasteiger partial charge in [-0.3, -0.25) is 14.5 Å². The first-order chi connectivity index (χ1) is 15.0. The van der Waals surface area contributed by atoms with Crippen LogP contribution in [0.5, 0.6) is 0 Å². The molecule has 7 heteroatoms. The lowest BCUT2D eigenvalue weighted by molar-refractivity contribution is -0.155. The fourth-order valence-electron chi connectivity index (χ4n) is 3.49. The molecule has 1 saturated heterocycles. The summed E-state index contributed by atoms with van der Waals surface area (Å²) < 4.78 is 17.8. The number of ether oxygens (including phenoxy) is 1. The van der Waals surface area contributed by atoms with Crippen LogP contribution in [0, 0.1) is 0 Å². The van der Waals surface area contributed by atoms with Crippen LogP contribution < -0.4 is 0 Å². The molecule has 1 fully saturated rings. The van der Waals surface area contributed by atoms with E-state index in [1.165, 1.54) is 10.5 Å². The largest absolute Gasteiger partial charge is 0.614 e. The highest BCUT2D eigenvalue weighted by atomic mass is 35.5. The van der Waals surface area contributed by atoms with Gasteiger partial charge in [0.25, 0.3) is 0 Å². The average molecular weight is 462 g/mol. The van der Waals surface area contributed by atoms with Gasteiger partial charge in [0.15, 0.2) is 5.37 Å². The Labute approximate surface area is 191 Å². The van der Waals surface area contributed by atoms with Gasteiger partial charge in [-0.25, -0.2) is 0 Å². The molecule has 0 N–H and O–H groups in total. The van der Waals surface area contributed by atoms with Gasteiger partial charge in [-0.1, -0.05) is 66.9 Å². The van der Waals surface area contributed by atoms with Crippen molar-refractivity contribution in [1.82, 2.24) is 4.90 Å². The smallest absolute Gasteiger partial charge is 0.325 e. The number of halogens is 1. The van der Waals surface area contributed by atoms with E-state index in [4.69, 9.17) is 16.3 Å². The molecule has 2 aromatic rings. The molecule has 1 aliphatic heterocycles. The van der Waals surface area contributed by atoms with Crippen LogP contribution >= 0.6 is 11.6 Å². The molecule has 1 heterocycles. The Morgan fingerprint density at radius 1 is 1.03 bits per heavy atom. The molecule has 1 aliphatic rings. The summed E-state index contributed by atoms with van der Waals surface area (Å²) in [5.74, 6) is -0.207. The third-order valence-corrected chi connectivity index (χ3v) is 7.21. The first-order valence-electron chi connectivity index (χ1n) is 10.6. The molecule has 0 spiro atoms. The zero-order chi connectivity index (χ0) is 22.1. The van der Waals surface area contributed by atoms with Crippen LogP contribution in [-0.2, 0) is 37.7 Å². The number of nitrogens with zero attached hydrogens (tertiary/aromatic N) is 1. The van der Waals surface area contributed by atoms with Gasteiger partial charge in [0, 0.05) is 10.6 Å². The SMILES string of the molecule is O=C(CN1C(=O)CC1[S+]([O-])Cc1ccccc1)OCCCCCCc1ccc(Cl)cc1. The lowest BCUT2D eigenvalue weighted by atomic mass is 10.1. The normalized spacial score (nSPS) is 16.6.